The molecule has 4 aromatic rings. The van der Waals surface area contributed by atoms with E-state index < -0.39 is 22.5 Å². The molecule has 0 atom stereocenters. The molecule has 2 aliphatic rings. The summed E-state index contributed by atoms with van der Waals surface area (Å²) in [5.74, 6) is -0.475. The van der Waals surface area contributed by atoms with Gasteiger partial charge in [0.25, 0.3) is 11.5 Å². The average Bonchev–Trinajstić information content (AvgIpc) is 2.94. The standard InChI is InChI=1S/C27H14ClN7O4/c1-13-22-25(37)32-31-24(14-5-3-2-4-6-14)34(22)26-17(10-29)21(18(11-30)27(38)35(26)33-13)19-12-39-20-8-7-15(28)9-16(20)23(19)36/h2-9,12,33H,1H3,(H,32,37). The Bertz CT molecular complexity index is 2030. The summed E-state index contributed by atoms with van der Waals surface area (Å²) in [5.41, 5.74) is 3.86. The van der Waals surface area contributed by atoms with Crippen molar-refractivity contribution >= 4 is 40.1 Å². The largest absolute Gasteiger partial charge is 0.463 e. The highest BCUT2D eigenvalue weighted by atomic mass is 35.5. The molecule has 6 rings (SSSR count). The lowest BCUT2D eigenvalue weighted by Gasteiger charge is -2.38. The fraction of sp³-hybridized carbons (Fsp3) is 0.0370. The smallest absolute Gasteiger partial charge is 0.290 e. The zero-order valence-electron chi connectivity index (χ0n) is 19.9. The van der Waals surface area contributed by atoms with Crippen LogP contribution in [0, 0.1) is 22.7 Å². The topological polar surface area (TPSA) is 157 Å². The molecule has 4 heterocycles. The Morgan fingerprint density at radius 1 is 1.03 bits per heavy atom. The molecule has 0 fully saturated rings. The van der Waals surface area contributed by atoms with Crippen molar-refractivity contribution in [1.29, 1.82) is 10.5 Å². The maximum Gasteiger partial charge on any atom is 0.290 e. The number of amidine groups is 1. The fourth-order valence-electron chi connectivity index (χ4n) is 4.69. The molecule has 2 aromatic heterocycles. The third-order valence-electron chi connectivity index (χ3n) is 6.37. The SMILES string of the molecule is CC1=C2C(=O)NN=C(c3ccccc3)N2c2c(C#N)c(-c3coc4ccc(Cl)cc4c3=O)c(C#N)c(=O)n2N1. The first-order valence-corrected chi connectivity index (χ1v) is 11.8. The number of fused-ring (bicyclic) bond motifs is 4. The average molecular weight is 536 g/mol. The van der Waals surface area contributed by atoms with Crippen LogP contribution in [0.2, 0.25) is 5.02 Å². The highest BCUT2D eigenvalue weighted by molar-refractivity contribution is 6.31. The Morgan fingerprint density at radius 2 is 1.77 bits per heavy atom. The Labute approximate surface area is 224 Å². The number of amides is 1. The molecule has 2 N–H and O–H groups in total. The third-order valence-corrected chi connectivity index (χ3v) is 6.61. The van der Waals surface area contributed by atoms with E-state index in [1.807, 2.05) is 12.1 Å². The molecule has 0 saturated carbocycles. The zero-order chi connectivity index (χ0) is 27.4. The lowest BCUT2D eigenvalue weighted by molar-refractivity contribution is -0.117. The second-order valence-corrected chi connectivity index (χ2v) is 9.03. The van der Waals surface area contributed by atoms with Crippen LogP contribution in [0.5, 0.6) is 0 Å². The van der Waals surface area contributed by atoms with Gasteiger partial charge in [-0.05, 0) is 25.1 Å². The molecule has 1 amide bonds. The lowest BCUT2D eigenvalue weighted by Crippen LogP contribution is -2.52. The highest BCUT2D eigenvalue weighted by Gasteiger charge is 2.40. The Kier molecular flexibility index (Phi) is 5.31. The van der Waals surface area contributed by atoms with Gasteiger partial charge >= 0.3 is 0 Å². The van der Waals surface area contributed by atoms with Gasteiger partial charge in [0.15, 0.2) is 11.7 Å². The number of carbonyl (C=O) groups is 1. The molecule has 0 spiro atoms. The summed E-state index contributed by atoms with van der Waals surface area (Å²) in [4.78, 5) is 41.6. The molecule has 0 saturated heterocycles. The van der Waals surface area contributed by atoms with Crippen LogP contribution in [0.4, 0.5) is 5.82 Å². The van der Waals surface area contributed by atoms with Crippen LogP contribution < -0.4 is 26.7 Å². The van der Waals surface area contributed by atoms with Gasteiger partial charge in [-0.2, -0.15) is 15.6 Å². The predicted molar refractivity (Wildman–Crippen MR) is 142 cm³/mol. The highest BCUT2D eigenvalue weighted by Crippen LogP contribution is 2.37. The van der Waals surface area contributed by atoms with Gasteiger partial charge in [-0.3, -0.25) is 24.7 Å². The van der Waals surface area contributed by atoms with Crippen molar-refractivity contribution in [3.8, 4) is 23.3 Å². The van der Waals surface area contributed by atoms with Gasteiger partial charge in [0.05, 0.1) is 16.6 Å². The van der Waals surface area contributed by atoms with Crippen molar-refractivity contribution in [2.24, 2.45) is 5.10 Å². The van der Waals surface area contributed by atoms with E-state index in [2.05, 4.69) is 16.0 Å². The second kappa shape index (κ2) is 8.73. The number of allylic oxidation sites excluding steroid dienone is 1. The number of hydrogen-bond acceptors (Lipinski definition) is 9. The van der Waals surface area contributed by atoms with Gasteiger partial charge < -0.3 is 4.42 Å². The molecule has 0 aliphatic carbocycles. The van der Waals surface area contributed by atoms with Gasteiger partial charge in [0.1, 0.15) is 40.8 Å². The lowest BCUT2D eigenvalue weighted by atomic mass is 9.95. The number of carbonyl (C=O) groups excluding carboxylic acids is 1. The van der Waals surface area contributed by atoms with Crippen molar-refractivity contribution in [3.63, 3.8) is 0 Å². The van der Waals surface area contributed by atoms with Crippen molar-refractivity contribution in [2.45, 2.75) is 6.92 Å². The van der Waals surface area contributed by atoms with Gasteiger partial charge in [-0.25, -0.2) is 10.1 Å². The van der Waals surface area contributed by atoms with Gasteiger partial charge in [0, 0.05) is 16.1 Å². The summed E-state index contributed by atoms with van der Waals surface area (Å²) in [7, 11) is 0. The molecule has 0 bridgehead atoms. The minimum Gasteiger partial charge on any atom is -0.463 e. The maximum absolute atomic E-state index is 13.7. The molecule has 2 aromatic carbocycles. The predicted octanol–water partition coefficient (Wildman–Crippen LogP) is 3.11. The minimum atomic E-state index is -0.844. The number of pyridine rings is 1. The Morgan fingerprint density at radius 3 is 2.49 bits per heavy atom. The summed E-state index contributed by atoms with van der Waals surface area (Å²) >= 11 is 6.09. The quantitative estimate of drug-likeness (QED) is 0.396. The van der Waals surface area contributed by atoms with E-state index in [-0.39, 0.29) is 55.7 Å². The molecular formula is C27H14ClN7O4. The van der Waals surface area contributed by atoms with Crippen molar-refractivity contribution in [3.05, 3.63) is 108 Å². The number of nitriles is 2. The first-order valence-electron chi connectivity index (χ1n) is 11.4. The minimum absolute atomic E-state index is 0.0766. The number of nitrogens with one attached hydrogen (secondary N) is 2. The third kappa shape index (κ3) is 3.42. The number of hydrogen-bond donors (Lipinski definition) is 2. The van der Waals surface area contributed by atoms with Crippen LogP contribution in [0.3, 0.4) is 0 Å². The first kappa shape index (κ1) is 23.7. The normalized spacial score (nSPS) is 14.0. The molecule has 0 unspecified atom stereocenters. The molecular weight excluding hydrogens is 522 g/mol. The summed E-state index contributed by atoms with van der Waals surface area (Å²) < 4.78 is 6.63. The maximum atomic E-state index is 13.7. The van der Waals surface area contributed by atoms with E-state index in [4.69, 9.17) is 16.0 Å². The van der Waals surface area contributed by atoms with Crippen LogP contribution in [0.1, 0.15) is 23.6 Å². The van der Waals surface area contributed by atoms with Gasteiger partial charge in [-0.1, -0.05) is 41.9 Å². The molecule has 0 radical (unpaired) electrons. The zero-order valence-corrected chi connectivity index (χ0v) is 20.7. The van der Waals surface area contributed by atoms with Crippen LogP contribution in [0.15, 0.2) is 85.3 Å². The van der Waals surface area contributed by atoms with Crippen LogP contribution >= 0.6 is 11.6 Å². The second-order valence-electron chi connectivity index (χ2n) is 8.59. The Hall–Kier alpha value is -5.65. The number of nitrogens with zero attached hydrogens (tertiary/aromatic N) is 5. The monoisotopic (exact) mass is 535 g/mol. The summed E-state index contributed by atoms with van der Waals surface area (Å²) in [6.45, 7) is 1.57. The van der Waals surface area contributed by atoms with Gasteiger partial charge in [-0.15, -0.1) is 0 Å². The van der Waals surface area contributed by atoms with E-state index in [0.29, 0.717) is 5.56 Å². The van der Waals surface area contributed by atoms with Crippen LogP contribution in [0.25, 0.3) is 22.1 Å². The van der Waals surface area contributed by atoms with E-state index in [0.717, 1.165) is 10.9 Å². The van der Waals surface area contributed by atoms with E-state index >= 15 is 0 Å². The van der Waals surface area contributed by atoms with E-state index in [1.54, 1.807) is 43.3 Å². The summed E-state index contributed by atoms with van der Waals surface area (Å²) in [6.07, 6.45) is 1.10. The molecule has 12 heteroatoms. The first-order chi connectivity index (χ1) is 18.8. The number of hydrazone groups is 1. The summed E-state index contributed by atoms with van der Waals surface area (Å²) in [6, 6.07) is 17.1. The van der Waals surface area contributed by atoms with Crippen molar-refractivity contribution in [1.82, 2.24) is 10.1 Å². The van der Waals surface area contributed by atoms with E-state index in [1.165, 1.54) is 17.0 Å². The summed E-state index contributed by atoms with van der Waals surface area (Å²) in [5, 5.41) is 25.1. The number of benzene rings is 2. The number of halogens is 1. The van der Waals surface area contributed by atoms with Crippen LogP contribution in [-0.4, -0.2) is 16.4 Å². The van der Waals surface area contributed by atoms with Crippen molar-refractivity contribution < 1.29 is 9.21 Å². The molecule has 39 heavy (non-hydrogen) atoms. The van der Waals surface area contributed by atoms with Gasteiger partial charge in [0.2, 0.25) is 5.43 Å². The fourth-order valence-corrected chi connectivity index (χ4v) is 4.87. The Balaban J connectivity index is 1.74. The molecule has 11 nitrogen and oxygen atoms in total. The molecule has 188 valence electrons. The number of aromatic nitrogens is 1. The number of rotatable bonds is 2. The van der Waals surface area contributed by atoms with Crippen molar-refractivity contribution in [2.75, 3.05) is 10.3 Å². The number of anilines is 1. The van der Waals surface area contributed by atoms with E-state index in [9.17, 15) is 24.9 Å². The van der Waals surface area contributed by atoms with Crippen LogP contribution in [-0.2, 0) is 4.79 Å². The molecule has 2 aliphatic heterocycles.